The van der Waals surface area contributed by atoms with Crippen molar-refractivity contribution in [1.29, 1.82) is 0 Å². The summed E-state index contributed by atoms with van der Waals surface area (Å²) in [5.41, 5.74) is 0.815. The number of aromatic nitrogens is 1. The molecule has 0 spiro atoms. The molecule has 5 nitrogen and oxygen atoms in total. The van der Waals surface area contributed by atoms with Crippen molar-refractivity contribution in [3.8, 4) is 0 Å². The molecule has 1 aliphatic carbocycles. The largest absolute Gasteiger partial charge is 0.326 e. The van der Waals surface area contributed by atoms with Crippen molar-refractivity contribution in [2.45, 2.75) is 51.6 Å². The molecule has 20 heavy (non-hydrogen) atoms. The molecule has 0 atom stereocenters. The summed E-state index contributed by atoms with van der Waals surface area (Å²) in [6, 6.07) is 4.37. The molecule has 1 amide bonds. The highest BCUT2D eigenvalue weighted by Crippen LogP contribution is 2.28. The van der Waals surface area contributed by atoms with Gasteiger partial charge >= 0.3 is 0 Å². The number of hydrogen-bond acceptors (Lipinski definition) is 4. The van der Waals surface area contributed by atoms with E-state index in [-0.39, 0.29) is 11.8 Å². The predicted molar refractivity (Wildman–Crippen MR) is 79.8 cm³/mol. The number of nitrogens with one attached hydrogen (secondary N) is 1. The molecule has 5 heteroatoms. The van der Waals surface area contributed by atoms with Crippen LogP contribution in [0.3, 0.4) is 0 Å². The van der Waals surface area contributed by atoms with E-state index in [1.54, 1.807) is 12.4 Å². The van der Waals surface area contributed by atoms with E-state index in [2.05, 4.69) is 24.1 Å². The lowest BCUT2D eigenvalue weighted by Gasteiger charge is -2.35. The van der Waals surface area contributed by atoms with Crippen LogP contribution in [-0.2, 0) is 4.79 Å². The zero-order valence-corrected chi connectivity index (χ0v) is 12.2. The Balaban J connectivity index is 1.83. The molecular weight excluding hydrogens is 252 g/mol. The van der Waals surface area contributed by atoms with Crippen LogP contribution in [0.25, 0.3) is 0 Å². The summed E-state index contributed by atoms with van der Waals surface area (Å²) < 4.78 is 0. The van der Waals surface area contributed by atoms with Gasteiger partial charge in [0.1, 0.15) is 0 Å². The van der Waals surface area contributed by atoms with Crippen LogP contribution in [0, 0.1) is 5.92 Å². The van der Waals surface area contributed by atoms with Gasteiger partial charge < -0.3 is 5.32 Å². The van der Waals surface area contributed by atoms with E-state index in [0.29, 0.717) is 12.1 Å². The van der Waals surface area contributed by atoms with Crippen LogP contribution in [0.1, 0.15) is 39.5 Å². The Morgan fingerprint density at radius 3 is 2.45 bits per heavy atom. The Labute approximate surface area is 120 Å². The zero-order valence-electron chi connectivity index (χ0n) is 12.2. The van der Waals surface area contributed by atoms with Gasteiger partial charge in [0, 0.05) is 36.1 Å². The van der Waals surface area contributed by atoms with Gasteiger partial charge in [0.15, 0.2) is 0 Å². The molecule has 0 aliphatic heterocycles. The van der Waals surface area contributed by atoms with E-state index < -0.39 is 0 Å². The van der Waals surface area contributed by atoms with Crippen molar-refractivity contribution in [3.63, 3.8) is 0 Å². The van der Waals surface area contributed by atoms with Crippen molar-refractivity contribution in [2.24, 2.45) is 11.8 Å². The Bertz CT molecular complexity index is 427. The van der Waals surface area contributed by atoms with Gasteiger partial charge in [-0.1, -0.05) is 0 Å². The molecule has 2 rings (SSSR count). The number of carbonyl (C=O) groups is 1. The van der Waals surface area contributed by atoms with Crippen LogP contribution < -0.4 is 11.2 Å². The number of rotatable bonds is 4. The van der Waals surface area contributed by atoms with Crippen molar-refractivity contribution >= 4 is 11.6 Å². The van der Waals surface area contributed by atoms with Crippen LogP contribution in [0.15, 0.2) is 24.5 Å². The summed E-state index contributed by atoms with van der Waals surface area (Å²) in [5, 5.41) is 4.88. The highest BCUT2D eigenvalue weighted by Gasteiger charge is 2.29. The Morgan fingerprint density at radius 1 is 1.30 bits per heavy atom. The molecule has 1 saturated carbocycles. The van der Waals surface area contributed by atoms with Crippen molar-refractivity contribution in [3.05, 3.63) is 24.5 Å². The lowest BCUT2D eigenvalue weighted by Crippen LogP contribution is -2.47. The maximum Gasteiger partial charge on any atom is 0.227 e. The number of anilines is 1. The van der Waals surface area contributed by atoms with E-state index >= 15 is 0 Å². The molecule has 1 heterocycles. The van der Waals surface area contributed by atoms with Crippen LogP contribution >= 0.6 is 0 Å². The van der Waals surface area contributed by atoms with E-state index in [4.69, 9.17) is 5.84 Å². The third-order valence-electron chi connectivity index (χ3n) is 4.03. The molecule has 1 fully saturated rings. The number of carbonyl (C=O) groups excluding carboxylic acids is 1. The Morgan fingerprint density at radius 2 is 1.90 bits per heavy atom. The monoisotopic (exact) mass is 276 g/mol. The fraction of sp³-hybridized carbons (Fsp3) is 0.600. The van der Waals surface area contributed by atoms with Crippen LogP contribution in [0.5, 0.6) is 0 Å². The highest BCUT2D eigenvalue weighted by molar-refractivity contribution is 5.92. The molecule has 3 N–H and O–H groups in total. The maximum absolute atomic E-state index is 12.2. The van der Waals surface area contributed by atoms with Crippen molar-refractivity contribution in [2.75, 3.05) is 5.32 Å². The van der Waals surface area contributed by atoms with Gasteiger partial charge in [0.25, 0.3) is 0 Å². The lowest BCUT2D eigenvalue weighted by atomic mass is 9.85. The topological polar surface area (TPSA) is 71.2 Å². The summed E-state index contributed by atoms with van der Waals surface area (Å²) in [6.45, 7) is 4.20. The standard InChI is InChI=1S/C15H24N4O/c1-11(2)19(16)14-5-3-12(4-6-14)15(20)18-13-7-9-17-10-8-13/h7-12,14H,3-6,16H2,1-2H3,(H,17,18,20). The first-order chi connectivity index (χ1) is 9.58. The second kappa shape index (κ2) is 6.81. The first kappa shape index (κ1) is 14.9. The van der Waals surface area contributed by atoms with Gasteiger partial charge in [0.2, 0.25) is 5.91 Å². The smallest absolute Gasteiger partial charge is 0.227 e. The SMILES string of the molecule is CC(C)N(N)C1CCC(C(=O)Nc2ccncc2)CC1. The quantitative estimate of drug-likeness (QED) is 0.653. The van der Waals surface area contributed by atoms with E-state index in [1.807, 2.05) is 17.1 Å². The fourth-order valence-corrected chi connectivity index (χ4v) is 2.74. The van der Waals surface area contributed by atoms with E-state index in [9.17, 15) is 4.79 Å². The maximum atomic E-state index is 12.2. The summed E-state index contributed by atoms with van der Waals surface area (Å²) in [6.07, 6.45) is 7.15. The van der Waals surface area contributed by atoms with Gasteiger partial charge in [0.05, 0.1) is 0 Å². The lowest BCUT2D eigenvalue weighted by molar-refractivity contribution is -0.121. The molecular formula is C15H24N4O. The second-order valence-electron chi connectivity index (χ2n) is 5.77. The summed E-state index contributed by atoms with van der Waals surface area (Å²) >= 11 is 0. The molecule has 0 radical (unpaired) electrons. The van der Waals surface area contributed by atoms with Gasteiger partial charge in [-0.25, -0.2) is 5.01 Å². The summed E-state index contributed by atoms with van der Waals surface area (Å²) in [5.74, 6) is 6.27. The summed E-state index contributed by atoms with van der Waals surface area (Å²) in [7, 11) is 0. The van der Waals surface area contributed by atoms with Crippen molar-refractivity contribution in [1.82, 2.24) is 9.99 Å². The number of nitrogens with two attached hydrogens (primary N) is 1. The highest BCUT2D eigenvalue weighted by atomic mass is 16.1. The second-order valence-corrected chi connectivity index (χ2v) is 5.77. The Kier molecular flexibility index (Phi) is 5.09. The summed E-state index contributed by atoms with van der Waals surface area (Å²) in [4.78, 5) is 16.1. The van der Waals surface area contributed by atoms with E-state index in [1.165, 1.54) is 0 Å². The molecule has 0 saturated heterocycles. The third kappa shape index (κ3) is 3.77. The van der Waals surface area contributed by atoms with Crippen molar-refractivity contribution < 1.29 is 4.79 Å². The molecule has 1 aromatic rings. The van der Waals surface area contributed by atoms with Crippen LogP contribution in [0.4, 0.5) is 5.69 Å². The van der Waals surface area contributed by atoms with Gasteiger partial charge in [-0.2, -0.15) is 0 Å². The van der Waals surface area contributed by atoms with Gasteiger partial charge in [-0.15, -0.1) is 0 Å². The molecule has 0 aromatic carbocycles. The first-order valence-electron chi connectivity index (χ1n) is 7.32. The molecule has 0 bridgehead atoms. The number of hydrazine groups is 1. The molecule has 110 valence electrons. The minimum Gasteiger partial charge on any atom is -0.326 e. The number of nitrogens with zero attached hydrogens (tertiary/aromatic N) is 2. The molecule has 0 unspecified atom stereocenters. The average Bonchev–Trinajstić information content (AvgIpc) is 2.47. The van der Waals surface area contributed by atoms with Gasteiger partial charge in [-0.05, 0) is 51.7 Å². The van der Waals surface area contributed by atoms with Crippen LogP contribution in [-0.4, -0.2) is 28.0 Å². The normalized spacial score (nSPS) is 23.1. The minimum atomic E-state index is 0.0972. The average molecular weight is 276 g/mol. The number of hydrogen-bond donors (Lipinski definition) is 2. The molecule has 1 aromatic heterocycles. The first-order valence-corrected chi connectivity index (χ1v) is 7.32. The fourth-order valence-electron chi connectivity index (χ4n) is 2.74. The third-order valence-corrected chi connectivity index (χ3v) is 4.03. The Hall–Kier alpha value is -1.46. The number of amides is 1. The zero-order chi connectivity index (χ0) is 14.5. The predicted octanol–water partition coefficient (Wildman–Crippen LogP) is 2.16. The van der Waals surface area contributed by atoms with E-state index in [0.717, 1.165) is 31.4 Å². The van der Waals surface area contributed by atoms with Gasteiger partial charge in [-0.3, -0.25) is 15.6 Å². The minimum absolute atomic E-state index is 0.0972. The van der Waals surface area contributed by atoms with Crippen LogP contribution in [0.2, 0.25) is 0 Å². The molecule has 1 aliphatic rings. The number of pyridine rings is 1.